The molecular formula is C16H16F2N2S3. The quantitative estimate of drug-likeness (QED) is 0.556. The fourth-order valence-corrected chi connectivity index (χ4v) is 4.41. The summed E-state index contributed by atoms with van der Waals surface area (Å²) in [7, 11) is 0. The molecule has 0 spiro atoms. The molecule has 7 heteroatoms. The summed E-state index contributed by atoms with van der Waals surface area (Å²) in [5.41, 5.74) is 0.824. The van der Waals surface area contributed by atoms with Crippen LogP contribution in [0.5, 0.6) is 0 Å². The number of halogens is 2. The number of nitrogens with zero attached hydrogens (tertiary/aromatic N) is 1. The molecule has 0 radical (unpaired) electrons. The lowest BCUT2D eigenvalue weighted by Crippen LogP contribution is -2.33. The molecule has 1 fully saturated rings. The lowest BCUT2D eigenvalue weighted by atomic mass is 10.2. The highest BCUT2D eigenvalue weighted by molar-refractivity contribution is 7.99. The Hall–Kier alpha value is -1.18. The molecule has 0 amide bonds. The fraction of sp³-hybridized carbons (Fsp3) is 0.312. The molecule has 3 rings (SSSR count). The predicted octanol–water partition coefficient (Wildman–Crippen LogP) is 5.60. The molecule has 122 valence electrons. The van der Waals surface area contributed by atoms with Crippen LogP contribution in [0.3, 0.4) is 0 Å². The normalized spacial score (nSPS) is 17.7. The number of hydrogen-bond acceptors (Lipinski definition) is 3. The van der Waals surface area contributed by atoms with E-state index in [9.17, 15) is 8.78 Å². The van der Waals surface area contributed by atoms with Crippen molar-refractivity contribution >= 4 is 46.1 Å². The van der Waals surface area contributed by atoms with Crippen LogP contribution in [0, 0.1) is 0 Å². The van der Waals surface area contributed by atoms with Crippen molar-refractivity contribution in [1.82, 2.24) is 4.90 Å². The van der Waals surface area contributed by atoms with Gasteiger partial charge in [-0.25, -0.2) is 0 Å². The first-order valence-corrected chi connectivity index (χ1v) is 9.46. The van der Waals surface area contributed by atoms with Gasteiger partial charge in [0.2, 0.25) is 0 Å². The van der Waals surface area contributed by atoms with Gasteiger partial charge in [0.05, 0.1) is 6.04 Å². The highest BCUT2D eigenvalue weighted by Gasteiger charge is 2.28. The zero-order chi connectivity index (χ0) is 16.2. The molecule has 2 nitrogen and oxygen atoms in total. The van der Waals surface area contributed by atoms with Crippen LogP contribution in [0.2, 0.25) is 0 Å². The highest BCUT2D eigenvalue weighted by atomic mass is 32.2. The number of hydrogen-bond donors (Lipinski definition) is 1. The third-order valence-electron chi connectivity index (χ3n) is 3.72. The second kappa shape index (κ2) is 7.59. The lowest BCUT2D eigenvalue weighted by molar-refractivity contribution is 0.252. The average molecular weight is 371 g/mol. The van der Waals surface area contributed by atoms with Crippen molar-refractivity contribution in [2.45, 2.75) is 29.5 Å². The summed E-state index contributed by atoms with van der Waals surface area (Å²) in [5, 5.41) is 6.00. The summed E-state index contributed by atoms with van der Waals surface area (Å²) in [6.45, 7) is 0.938. The Bertz CT molecular complexity index is 644. The standard InChI is InChI=1S/C16H16F2N2S3/c17-15(18)23-12-7-5-11(6-8-12)19-16(21)20-9-1-3-13(20)14-4-2-10-22-14/h2,4-8,10,13,15H,1,3,9H2,(H,19,21)/t13-/m1/s1. The summed E-state index contributed by atoms with van der Waals surface area (Å²) in [4.78, 5) is 4.09. The monoisotopic (exact) mass is 370 g/mol. The van der Waals surface area contributed by atoms with Gasteiger partial charge in [-0.1, -0.05) is 17.8 Å². The van der Waals surface area contributed by atoms with E-state index in [0.717, 1.165) is 25.1 Å². The molecule has 1 N–H and O–H groups in total. The van der Waals surface area contributed by atoms with E-state index in [4.69, 9.17) is 12.2 Å². The van der Waals surface area contributed by atoms with Gasteiger partial charge in [0.25, 0.3) is 5.76 Å². The third kappa shape index (κ3) is 4.22. The minimum absolute atomic E-state index is 0.337. The van der Waals surface area contributed by atoms with Crippen molar-refractivity contribution < 1.29 is 8.78 Å². The Morgan fingerprint density at radius 2 is 2.09 bits per heavy atom. The maximum atomic E-state index is 12.3. The van der Waals surface area contributed by atoms with Crippen LogP contribution in [0.25, 0.3) is 0 Å². The summed E-state index contributed by atoms with van der Waals surface area (Å²) in [5.74, 6) is -2.40. The van der Waals surface area contributed by atoms with E-state index in [2.05, 4.69) is 27.7 Å². The summed E-state index contributed by atoms with van der Waals surface area (Å²) >= 11 is 7.84. The molecule has 0 aliphatic carbocycles. The van der Waals surface area contributed by atoms with Crippen LogP contribution < -0.4 is 5.32 Å². The summed E-state index contributed by atoms with van der Waals surface area (Å²) in [6.07, 6.45) is 2.22. The van der Waals surface area contributed by atoms with Crippen molar-refractivity contribution in [1.29, 1.82) is 0 Å². The smallest absolute Gasteiger partial charge is 0.288 e. The molecule has 1 aliphatic rings. The van der Waals surface area contributed by atoms with E-state index in [-0.39, 0.29) is 0 Å². The third-order valence-corrected chi connectivity index (χ3v) is 5.75. The molecule has 1 aromatic carbocycles. The number of thiocarbonyl (C=S) groups is 1. The average Bonchev–Trinajstić information content (AvgIpc) is 3.19. The van der Waals surface area contributed by atoms with Gasteiger partial charge < -0.3 is 10.2 Å². The van der Waals surface area contributed by atoms with Crippen molar-refractivity contribution in [2.24, 2.45) is 0 Å². The predicted molar refractivity (Wildman–Crippen MR) is 97.5 cm³/mol. The Balaban J connectivity index is 1.64. The van der Waals surface area contributed by atoms with Gasteiger partial charge in [-0.2, -0.15) is 8.78 Å². The van der Waals surface area contributed by atoms with Gasteiger partial charge in [0.1, 0.15) is 0 Å². The minimum Gasteiger partial charge on any atom is -0.341 e. The minimum atomic E-state index is -2.40. The van der Waals surface area contributed by atoms with Gasteiger partial charge in [-0.15, -0.1) is 11.3 Å². The fourth-order valence-electron chi connectivity index (χ4n) is 2.70. The van der Waals surface area contributed by atoms with Crippen molar-refractivity contribution in [3.05, 3.63) is 46.7 Å². The SMILES string of the molecule is FC(F)Sc1ccc(NC(=S)N2CCC[C@@H]2c2cccs2)cc1. The lowest BCUT2D eigenvalue weighted by Gasteiger charge is -2.27. The maximum Gasteiger partial charge on any atom is 0.288 e. The van der Waals surface area contributed by atoms with Crippen molar-refractivity contribution in [3.8, 4) is 0 Å². The molecular weight excluding hydrogens is 354 g/mol. The summed E-state index contributed by atoms with van der Waals surface area (Å²) < 4.78 is 24.7. The van der Waals surface area contributed by atoms with Crippen LogP contribution in [-0.4, -0.2) is 22.3 Å². The Labute approximate surface area is 147 Å². The number of benzene rings is 1. The Morgan fingerprint density at radius 1 is 1.30 bits per heavy atom. The number of likely N-dealkylation sites (tertiary alicyclic amines) is 1. The number of anilines is 1. The number of rotatable bonds is 4. The first kappa shape index (κ1) is 16.7. The van der Waals surface area contributed by atoms with E-state index in [0.29, 0.717) is 27.8 Å². The summed E-state index contributed by atoms with van der Waals surface area (Å²) in [6, 6.07) is 11.5. The zero-order valence-corrected chi connectivity index (χ0v) is 14.7. The second-order valence-electron chi connectivity index (χ2n) is 5.20. The van der Waals surface area contributed by atoms with Crippen LogP contribution >= 0.6 is 35.3 Å². The highest BCUT2D eigenvalue weighted by Crippen LogP contribution is 2.35. The molecule has 2 aromatic rings. The van der Waals surface area contributed by atoms with Crippen LogP contribution in [0.1, 0.15) is 23.8 Å². The molecule has 0 bridgehead atoms. The van der Waals surface area contributed by atoms with Crippen LogP contribution in [-0.2, 0) is 0 Å². The number of thioether (sulfide) groups is 1. The van der Waals surface area contributed by atoms with Gasteiger partial charge in [0.15, 0.2) is 5.11 Å². The molecule has 1 aromatic heterocycles. The number of thiophene rings is 1. The molecule has 2 heterocycles. The topological polar surface area (TPSA) is 15.3 Å². The first-order chi connectivity index (χ1) is 11.1. The number of alkyl halides is 2. The van der Waals surface area contributed by atoms with Crippen molar-refractivity contribution in [3.63, 3.8) is 0 Å². The van der Waals surface area contributed by atoms with E-state index >= 15 is 0 Å². The van der Waals surface area contributed by atoms with E-state index in [1.54, 1.807) is 35.6 Å². The molecule has 0 unspecified atom stereocenters. The zero-order valence-electron chi connectivity index (χ0n) is 12.2. The van der Waals surface area contributed by atoms with Gasteiger partial charge in [-0.3, -0.25) is 0 Å². The molecule has 1 atom stereocenters. The molecule has 1 saturated heterocycles. The van der Waals surface area contributed by atoms with E-state index in [1.807, 2.05) is 0 Å². The van der Waals surface area contributed by atoms with Crippen molar-refractivity contribution in [2.75, 3.05) is 11.9 Å². The van der Waals surface area contributed by atoms with E-state index in [1.165, 1.54) is 4.88 Å². The van der Waals surface area contributed by atoms with E-state index < -0.39 is 5.76 Å². The van der Waals surface area contributed by atoms with Crippen LogP contribution in [0.15, 0.2) is 46.7 Å². The Morgan fingerprint density at radius 3 is 2.74 bits per heavy atom. The largest absolute Gasteiger partial charge is 0.341 e. The molecule has 23 heavy (non-hydrogen) atoms. The molecule has 1 aliphatic heterocycles. The van der Waals surface area contributed by atoms with Gasteiger partial charge >= 0.3 is 0 Å². The maximum absolute atomic E-state index is 12.3. The second-order valence-corrected chi connectivity index (χ2v) is 7.63. The molecule has 0 saturated carbocycles. The first-order valence-electron chi connectivity index (χ1n) is 7.29. The Kier molecular flexibility index (Phi) is 5.50. The van der Waals surface area contributed by atoms with Gasteiger partial charge in [-0.05, 0) is 60.8 Å². The van der Waals surface area contributed by atoms with Gasteiger partial charge in [0, 0.05) is 22.0 Å². The number of nitrogens with one attached hydrogen (secondary N) is 1. The van der Waals surface area contributed by atoms with Crippen LogP contribution in [0.4, 0.5) is 14.5 Å².